The number of fused-ring (bicyclic) bond motifs is 1. The average molecular weight is 401 g/mol. The number of rotatable bonds is 7. The number of benzene rings is 1. The Morgan fingerprint density at radius 2 is 1.93 bits per heavy atom. The summed E-state index contributed by atoms with van der Waals surface area (Å²) in [6.07, 6.45) is 3.73. The van der Waals surface area contributed by atoms with Crippen LogP contribution in [0.1, 0.15) is 20.3 Å². The second-order valence-corrected chi connectivity index (χ2v) is 7.55. The van der Waals surface area contributed by atoms with E-state index in [1.807, 2.05) is 0 Å². The summed E-state index contributed by atoms with van der Waals surface area (Å²) in [5.41, 5.74) is 0.711. The molecule has 0 saturated heterocycles. The van der Waals surface area contributed by atoms with Crippen LogP contribution in [0, 0.1) is 11.7 Å². The zero-order chi connectivity index (χ0) is 20.1. The fourth-order valence-corrected chi connectivity index (χ4v) is 3.30. The molecule has 0 bridgehead atoms. The Labute approximate surface area is 165 Å². The maximum atomic E-state index is 13.0. The highest BCUT2D eigenvalue weighted by atomic mass is 32.2. The maximum Gasteiger partial charge on any atom is 0.282 e. The first-order valence-electron chi connectivity index (χ1n) is 8.84. The van der Waals surface area contributed by atoms with Gasteiger partial charge in [-0.05, 0) is 36.6 Å². The molecule has 7 nitrogen and oxygen atoms in total. The lowest BCUT2D eigenvalue weighted by molar-refractivity contribution is -0.113. The van der Waals surface area contributed by atoms with Crippen LogP contribution in [0.2, 0.25) is 0 Å². The molecule has 1 amide bonds. The van der Waals surface area contributed by atoms with Crippen LogP contribution in [0.15, 0.2) is 46.6 Å². The number of nitrogens with zero attached hydrogens (tertiary/aromatic N) is 4. The molecule has 0 aliphatic heterocycles. The van der Waals surface area contributed by atoms with Crippen molar-refractivity contribution in [2.24, 2.45) is 5.92 Å². The number of carbonyl (C=O) groups is 1. The van der Waals surface area contributed by atoms with Crippen molar-refractivity contribution in [2.45, 2.75) is 32.0 Å². The first kappa shape index (κ1) is 19.9. The van der Waals surface area contributed by atoms with Crippen LogP contribution >= 0.6 is 11.8 Å². The first-order chi connectivity index (χ1) is 13.4. The third kappa shape index (κ3) is 4.92. The predicted octanol–water partition coefficient (Wildman–Crippen LogP) is 3.10. The van der Waals surface area contributed by atoms with Crippen LogP contribution in [0.25, 0.3) is 11.2 Å². The second-order valence-electron chi connectivity index (χ2n) is 6.61. The molecule has 2 aromatic heterocycles. The highest BCUT2D eigenvalue weighted by Crippen LogP contribution is 2.18. The summed E-state index contributed by atoms with van der Waals surface area (Å²) in [6, 6.07) is 5.52. The van der Waals surface area contributed by atoms with Crippen LogP contribution in [0.5, 0.6) is 0 Å². The van der Waals surface area contributed by atoms with E-state index in [1.165, 1.54) is 36.7 Å². The fourth-order valence-electron chi connectivity index (χ4n) is 2.48. The van der Waals surface area contributed by atoms with Gasteiger partial charge in [-0.3, -0.25) is 14.2 Å². The molecule has 1 aromatic carbocycles. The number of nitrogens with one attached hydrogen (secondary N) is 1. The van der Waals surface area contributed by atoms with Crippen LogP contribution in [0.4, 0.5) is 10.1 Å². The summed E-state index contributed by atoms with van der Waals surface area (Å²) in [5.74, 6) is -0.190. The van der Waals surface area contributed by atoms with E-state index in [4.69, 9.17) is 0 Å². The van der Waals surface area contributed by atoms with Crippen molar-refractivity contribution >= 4 is 34.5 Å². The molecule has 0 saturated carbocycles. The second kappa shape index (κ2) is 8.92. The lowest BCUT2D eigenvalue weighted by Crippen LogP contribution is -2.26. The van der Waals surface area contributed by atoms with Crippen LogP contribution in [-0.2, 0) is 11.3 Å². The molecule has 0 radical (unpaired) electrons. The van der Waals surface area contributed by atoms with Crippen molar-refractivity contribution in [3.05, 3.63) is 52.8 Å². The number of aromatic nitrogens is 4. The Balaban J connectivity index is 1.80. The molecule has 3 aromatic rings. The van der Waals surface area contributed by atoms with Crippen molar-refractivity contribution in [3.63, 3.8) is 0 Å². The highest BCUT2D eigenvalue weighted by Gasteiger charge is 2.15. The number of anilines is 1. The molecule has 9 heteroatoms. The van der Waals surface area contributed by atoms with E-state index in [9.17, 15) is 14.0 Å². The van der Waals surface area contributed by atoms with E-state index in [2.05, 4.69) is 34.1 Å². The smallest absolute Gasteiger partial charge is 0.282 e. The van der Waals surface area contributed by atoms with Crippen molar-refractivity contribution in [1.29, 1.82) is 0 Å². The summed E-state index contributed by atoms with van der Waals surface area (Å²) in [4.78, 5) is 37.7. The number of carbonyl (C=O) groups excluding carboxylic acids is 1. The van der Waals surface area contributed by atoms with Gasteiger partial charge in [0.1, 0.15) is 5.82 Å². The predicted molar refractivity (Wildman–Crippen MR) is 107 cm³/mol. The standard InChI is InChI=1S/C19H20FN5O2S/c1-12(2)7-10-25-18(27)16-17(22-9-8-21-16)24-19(25)28-11-15(26)23-14-5-3-13(20)4-6-14/h3-6,8-9,12H,7,10-11H2,1-2H3,(H,23,26). The Morgan fingerprint density at radius 3 is 2.64 bits per heavy atom. The third-order valence-corrected chi connectivity index (χ3v) is 4.93. The summed E-state index contributed by atoms with van der Waals surface area (Å²) in [5, 5.41) is 3.12. The maximum absolute atomic E-state index is 13.0. The minimum atomic E-state index is -0.372. The number of hydrogen-bond acceptors (Lipinski definition) is 6. The summed E-state index contributed by atoms with van der Waals surface area (Å²) in [6.45, 7) is 4.63. The minimum absolute atomic E-state index is 0.0528. The topological polar surface area (TPSA) is 89.8 Å². The van der Waals surface area contributed by atoms with E-state index >= 15 is 0 Å². The average Bonchev–Trinajstić information content (AvgIpc) is 2.67. The summed E-state index contributed by atoms with van der Waals surface area (Å²) >= 11 is 1.16. The Hall–Kier alpha value is -2.81. The summed E-state index contributed by atoms with van der Waals surface area (Å²) in [7, 11) is 0. The molecule has 0 fully saturated rings. The van der Waals surface area contributed by atoms with Crippen molar-refractivity contribution in [2.75, 3.05) is 11.1 Å². The highest BCUT2D eigenvalue weighted by molar-refractivity contribution is 7.99. The minimum Gasteiger partial charge on any atom is -0.325 e. The van der Waals surface area contributed by atoms with Gasteiger partial charge >= 0.3 is 0 Å². The zero-order valence-corrected chi connectivity index (χ0v) is 16.4. The van der Waals surface area contributed by atoms with Gasteiger partial charge < -0.3 is 5.32 Å². The molecular formula is C19H20FN5O2S. The molecule has 3 rings (SSSR count). The van der Waals surface area contributed by atoms with E-state index in [-0.39, 0.29) is 34.2 Å². The molecule has 0 aliphatic rings. The molecule has 1 N–H and O–H groups in total. The van der Waals surface area contributed by atoms with Crippen molar-refractivity contribution in [1.82, 2.24) is 19.5 Å². The molecule has 2 heterocycles. The van der Waals surface area contributed by atoms with Gasteiger partial charge in [-0.1, -0.05) is 25.6 Å². The number of halogens is 1. The van der Waals surface area contributed by atoms with Crippen molar-refractivity contribution < 1.29 is 9.18 Å². The van der Waals surface area contributed by atoms with Crippen molar-refractivity contribution in [3.8, 4) is 0 Å². The van der Waals surface area contributed by atoms with Gasteiger partial charge in [-0.15, -0.1) is 0 Å². The normalized spacial score (nSPS) is 11.1. The molecule has 0 unspecified atom stereocenters. The van der Waals surface area contributed by atoms with Gasteiger partial charge in [-0.2, -0.15) is 0 Å². The van der Waals surface area contributed by atoms with E-state index in [1.54, 1.807) is 4.57 Å². The van der Waals surface area contributed by atoms with Gasteiger partial charge in [0.15, 0.2) is 16.3 Å². The molecule has 0 atom stereocenters. The van der Waals surface area contributed by atoms with Gasteiger partial charge in [0.2, 0.25) is 5.91 Å². The van der Waals surface area contributed by atoms with Gasteiger partial charge in [-0.25, -0.2) is 19.3 Å². The molecule has 146 valence electrons. The quantitative estimate of drug-likeness (QED) is 0.483. The SMILES string of the molecule is CC(C)CCn1c(SCC(=O)Nc2ccc(F)cc2)nc2nccnc2c1=O. The first-order valence-corrected chi connectivity index (χ1v) is 9.82. The molecule has 0 spiro atoms. The number of hydrogen-bond donors (Lipinski definition) is 1. The molecule has 0 aliphatic carbocycles. The van der Waals surface area contributed by atoms with E-state index < -0.39 is 0 Å². The van der Waals surface area contributed by atoms with Crippen LogP contribution < -0.4 is 10.9 Å². The molecule has 28 heavy (non-hydrogen) atoms. The van der Waals surface area contributed by atoms with Gasteiger partial charge in [0.05, 0.1) is 5.75 Å². The Morgan fingerprint density at radius 1 is 1.21 bits per heavy atom. The number of thioether (sulfide) groups is 1. The largest absolute Gasteiger partial charge is 0.325 e. The third-order valence-electron chi connectivity index (χ3n) is 3.95. The van der Waals surface area contributed by atoms with E-state index in [0.29, 0.717) is 23.3 Å². The van der Waals surface area contributed by atoms with Crippen LogP contribution in [0.3, 0.4) is 0 Å². The number of amides is 1. The monoisotopic (exact) mass is 401 g/mol. The Kier molecular flexibility index (Phi) is 6.35. The lowest BCUT2D eigenvalue weighted by atomic mass is 10.1. The van der Waals surface area contributed by atoms with Gasteiger partial charge in [0, 0.05) is 24.6 Å². The fraction of sp³-hybridized carbons (Fsp3) is 0.316. The molecular weight excluding hydrogens is 381 g/mol. The van der Waals surface area contributed by atoms with Gasteiger partial charge in [0.25, 0.3) is 5.56 Å². The van der Waals surface area contributed by atoms with Crippen LogP contribution in [-0.4, -0.2) is 31.2 Å². The zero-order valence-electron chi connectivity index (χ0n) is 15.6. The van der Waals surface area contributed by atoms with E-state index in [0.717, 1.165) is 18.2 Å². The summed E-state index contributed by atoms with van der Waals surface area (Å²) < 4.78 is 14.5. The Bertz CT molecular complexity index is 1040. The lowest BCUT2D eigenvalue weighted by Gasteiger charge is -2.13.